The van der Waals surface area contributed by atoms with Crippen LogP contribution in [0.25, 0.3) is 11.1 Å². The molecule has 2 atom stereocenters. The van der Waals surface area contributed by atoms with Crippen LogP contribution < -0.4 is 5.73 Å². The quantitative estimate of drug-likeness (QED) is 0.879. The summed E-state index contributed by atoms with van der Waals surface area (Å²) in [4.78, 5) is 4.04. The lowest BCUT2D eigenvalue weighted by atomic mass is 9.90. The van der Waals surface area contributed by atoms with Crippen LogP contribution in [0.15, 0.2) is 29.0 Å². The minimum atomic E-state index is 0.412. The average molecular weight is 243 g/mol. The van der Waals surface area contributed by atoms with Gasteiger partial charge in [0.2, 0.25) is 5.88 Å². The molecule has 18 heavy (non-hydrogen) atoms. The molecular formula is C14H17N3O. The number of nitrogens with two attached hydrogens (primary N) is 1. The van der Waals surface area contributed by atoms with Crippen molar-refractivity contribution in [3.8, 4) is 11.1 Å². The highest BCUT2D eigenvalue weighted by Gasteiger charge is 2.31. The number of nitrogens with zero attached hydrogens (tertiary/aromatic N) is 2. The Labute approximate surface area is 106 Å². The van der Waals surface area contributed by atoms with E-state index in [4.69, 9.17) is 10.3 Å². The molecule has 1 fully saturated rings. The van der Waals surface area contributed by atoms with Crippen LogP contribution >= 0.6 is 0 Å². The summed E-state index contributed by atoms with van der Waals surface area (Å²) in [5.74, 6) is 1.53. The van der Waals surface area contributed by atoms with Crippen molar-refractivity contribution in [3.05, 3.63) is 30.2 Å². The third-order valence-corrected chi connectivity index (χ3v) is 3.93. The molecule has 0 radical (unpaired) electrons. The first-order valence-corrected chi connectivity index (χ1v) is 6.43. The molecule has 2 aromatic heterocycles. The maximum Gasteiger partial charge on any atom is 0.230 e. The number of anilines is 1. The third kappa shape index (κ3) is 1.78. The van der Waals surface area contributed by atoms with Crippen molar-refractivity contribution in [1.82, 2.24) is 10.1 Å². The molecule has 1 aliphatic carbocycles. The van der Waals surface area contributed by atoms with Crippen LogP contribution in [0.5, 0.6) is 0 Å². The van der Waals surface area contributed by atoms with Crippen molar-refractivity contribution in [2.45, 2.75) is 32.1 Å². The Morgan fingerprint density at radius 2 is 2.06 bits per heavy atom. The van der Waals surface area contributed by atoms with Gasteiger partial charge in [0, 0.05) is 18.3 Å². The second-order valence-corrected chi connectivity index (χ2v) is 5.06. The van der Waals surface area contributed by atoms with Gasteiger partial charge in [-0.05, 0) is 30.0 Å². The molecule has 2 heterocycles. The van der Waals surface area contributed by atoms with Crippen molar-refractivity contribution in [2.24, 2.45) is 5.92 Å². The number of aromatic nitrogens is 2. The minimum Gasteiger partial charge on any atom is -0.367 e. The summed E-state index contributed by atoms with van der Waals surface area (Å²) in [5, 5.41) is 4.20. The normalized spacial score (nSPS) is 23.4. The van der Waals surface area contributed by atoms with E-state index in [0.29, 0.717) is 17.7 Å². The van der Waals surface area contributed by atoms with Crippen LogP contribution in [0.3, 0.4) is 0 Å². The lowest BCUT2D eigenvalue weighted by Crippen LogP contribution is -2.04. The van der Waals surface area contributed by atoms with E-state index in [1.807, 2.05) is 12.1 Å². The highest BCUT2D eigenvalue weighted by Crippen LogP contribution is 2.44. The Morgan fingerprint density at radius 1 is 1.28 bits per heavy atom. The van der Waals surface area contributed by atoms with Gasteiger partial charge in [-0.3, -0.25) is 4.98 Å². The molecule has 0 aromatic carbocycles. The first kappa shape index (κ1) is 11.3. The largest absolute Gasteiger partial charge is 0.367 e. The van der Waals surface area contributed by atoms with Crippen LogP contribution in [0, 0.1) is 5.92 Å². The number of hydrogen-bond acceptors (Lipinski definition) is 4. The predicted molar refractivity (Wildman–Crippen MR) is 69.9 cm³/mol. The Morgan fingerprint density at radius 3 is 2.72 bits per heavy atom. The van der Waals surface area contributed by atoms with Gasteiger partial charge in [0.25, 0.3) is 0 Å². The van der Waals surface area contributed by atoms with Crippen molar-refractivity contribution in [1.29, 1.82) is 0 Å². The summed E-state index contributed by atoms with van der Waals surface area (Å²) < 4.78 is 5.22. The van der Waals surface area contributed by atoms with Gasteiger partial charge in [-0.15, -0.1) is 0 Å². The summed E-state index contributed by atoms with van der Waals surface area (Å²) in [6.07, 6.45) is 7.22. The number of pyridine rings is 1. The standard InChI is InChI=1S/C14H17N3O/c1-9-3-2-4-11(9)13-12(14(15)18-17-13)10-5-7-16-8-6-10/h5-9,11H,2-4,15H2,1H3. The van der Waals surface area contributed by atoms with Gasteiger partial charge in [0.15, 0.2) is 0 Å². The van der Waals surface area contributed by atoms with Gasteiger partial charge in [-0.2, -0.15) is 0 Å². The van der Waals surface area contributed by atoms with E-state index in [-0.39, 0.29) is 0 Å². The highest BCUT2D eigenvalue weighted by molar-refractivity contribution is 5.75. The lowest BCUT2D eigenvalue weighted by Gasteiger charge is -2.13. The maximum atomic E-state index is 5.94. The van der Waals surface area contributed by atoms with E-state index in [1.165, 1.54) is 19.3 Å². The van der Waals surface area contributed by atoms with Gasteiger partial charge < -0.3 is 10.3 Å². The van der Waals surface area contributed by atoms with E-state index in [2.05, 4.69) is 17.1 Å². The number of nitrogen functional groups attached to an aromatic ring is 1. The Kier molecular flexibility index (Phi) is 2.78. The molecule has 2 unspecified atom stereocenters. The van der Waals surface area contributed by atoms with E-state index in [1.54, 1.807) is 12.4 Å². The van der Waals surface area contributed by atoms with Crippen LogP contribution in [0.2, 0.25) is 0 Å². The molecule has 0 amide bonds. The van der Waals surface area contributed by atoms with E-state index >= 15 is 0 Å². The van der Waals surface area contributed by atoms with Crippen molar-refractivity contribution >= 4 is 5.88 Å². The zero-order valence-electron chi connectivity index (χ0n) is 10.5. The maximum absolute atomic E-state index is 5.94. The average Bonchev–Trinajstić information content (AvgIpc) is 2.96. The fourth-order valence-corrected chi connectivity index (χ4v) is 2.93. The molecule has 1 saturated carbocycles. The Bertz CT molecular complexity index is 535. The van der Waals surface area contributed by atoms with Crippen molar-refractivity contribution in [3.63, 3.8) is 0 Å². The molecule has 3 rings (SSSR count). The van der Waals surface area contributed by atoms with E-state index < -0.39 is 0 Å². The number of rotatable bonds is 2. The molecule has 1 aliphatic rings. The van der Waals surface area contributed by atoms with Crippen LogP contribution in [-0.4, -0.2) is 10.1 Å². The lowest BCUT2D eigenvalue weighted by molar-refractivity contribution is 0.407. The predicted octanol–water partition coefficient (Wildman–Crippen LogP) is 3.22. The van der Waals surface area contributed by atoms with Crippen LogP contribution in [-0.2, 0) is 0 Å². The van der Waals surface area contributed by atoms with Gasteiger partial charge in [-0.1, -0.05) is 24.9 Å². The van der Waals surface area contributed by atoms with Gasteiger partial charge >= 0.3 is 0 Å². The van der Waals surface area contributed by atoms with Gasteiger partial charge in [-0.25, -0.2) is 0 Å². The highest BCUT2D eigenvalue weighted by atomic mass is 16.5. The molecule has 2 aromatic rings. The number of hydrogen-bond donors (Lipinski definition) is 1. The SMILES string of the molecule is CC1CCCC1c1noc(N)c1-c1ccncc1. The Hall–Kier alpha value is -1.84. The molecular weight excluding hydrogens is 226 g/mol. The zero-order chi connectivity index (χ0) is 12.5. The van der Waals surface area contributed by atoms with Crippen molar-refractivity contribution < 1.29 is 4.52 Å². The fourth-order valence-electron chi connectivity index (χ4n) is 2.93. The Balaban J connectivity index is 2.07. The molecule has 4 nitrogen and oxygen atoms in total. The van der Waals surface area contributed by atoms with Gasteiger partial charge in [0.05, 0.1) is 11.3 Å². The summed E-state index contributed by atoms with van der Waals surface area (Å²) in [7, 11) is 0. The molecule has 2 N–H and O–H groups in total. The third-order valence-electron chi connectivity index (χ3n) is 3.93. The smallest absolute Gasteiger partial charge is 0.230 e. The molecule has 0 spiro atoms. The minimum absolute atomic E-state index is 0.412. The fraction of sp³-hybridized carbons (Fsp3) is 0.429. The monoisotopic (exact) mass is 243 g/mol. The van der Waals surface area contributed by atoms with Crippen molar-refractivity contribution in [2.75, 3.05) is 5.73 Å². The van der Waals surface area contributed by atoms with E-state index in [0.717, 1.165) is 16.8 Å². The molecule has 0 saturated heterocycles. The first-order valence-electron chi connectivity index (χ1n) is 6.43. The van der Waals surface area contributed by atoms with E-state index in [9.17, 15) is 0 Å². The van der Waals surface area contributed by atoms with Crippen LogP contribution in [0.4, 0.5) is 5.88 Å². The molecule has 0 bridgehead atoms. The second kappa shape index (κ2) is 4.44. The van der Waals surface area contributed by atoms with Gasteiger partial charge in [0.1, 0.15) is 0 Å². The first-order chi connectivity index (χ1) is 8.77. The second-order valence-electron chi connectivity index (χ2n) is 5.06. The summed E-state index contributed by atoms with van der Waals surface area (Å²) in [6, 6.07) is 3.90. The van der Waals surface area contributed by atoms with Crippen LogP contribution in [0.1, 0.15) is 37.8 Å². The zero-order valence-corrected chi connectivity index (χ0v) is 10.5. The topological polar surface area (TPSA) is 64.9 Å². The molecule has 0 aliphatic heterocycles. The summed E-state index contributed by atoms with van der Waals surface area (Å²) >= 11 is 0. The summed E-state index contributed by atoms with van der Waals surface area (Å²) in [6.45, 7) is 2.28. The molecule has 4 heteroatoms. The summed E-state index contributed by atoms with van der Waals surface area (Å²) in [5.41, 5.74) is 8.95. The molecule has 94 valence electrons.